The molecule has 0 bridgehead atoms. The summed E-state index contributed by atoms with van der Waals surface area (Å²) in [4.78, 5) is 48.3. The van der Waals surface area contributed by atoms with Crippen LogP contribution in [0.4, 0.5) is 11.4 Å². The smallest absolute Gasteiger partial charge is 0.338 e. The number of carbonyl (C=O) groups is 2. The number of hydrogen-bond donors (Lipinski definition) is 2. The Morgan fingerprint density at radius 2 is 1.50 bits per heavy atom. The van der Waals surface area contributed by atoms with Gasteiger partial charge in [0.15, 0.2) is 0 Å². The molecule has 0 unspecified atom stereocenters. The van der Waals surface area contributed by atoms with E-state index in [0.717, 1.165) is 6.07 Å². The van der Waals surface area contributed by atoms with Crippen LogP contribution >= 0.6 is 0 Å². The standard InChI is InChI=1S/C17H9N3O8/c21-16(22)12-10-6-9(19(25)26)7-11(20(27)28)15(10)18-14(13(12)17(23)24)8-4-2-1-3-5-8/h1-7H,(H,21,22)(H,23,24). The molecule has 0 saturated heterocycles. The molecule has 2 aromatic carbocycles. The molecule has 11 heteroatoms. The van der Waals surface area contributed by atoms with Gasteiger partial charge in [0.2, 0.25) is 0 Å². The lowest BCUT2D eigenvalue weighted by Crippen LogP contribution is -2.13. The van der Waals surface area contributed by atoms with Gasteiger partial charge in [0.1, 0.15) is 11.1 Å². The van der Waals surface area contributed by atoms with Gasteiger partial charge in [0.25, 0.3) is 5.69 Å². The second-order valence-electron chi connectivity index (χ2n) is 5.56. The number of nitro benzene ring substituents is 2. The quantitative estimate of drug-likeness (QED) is 0.495. The Morgan fingerprint density at radius 3 is 2.00 bits per heavy atom. The van der Waals surface area contributed by atoms with Crippen molar-refractivity contribution in [2.45, 2.75) is 0 Å². The average Bonchev–Trinajstić information content (AvgIpc) is 2.65. The number of hydrogen-bond acceptors (Lipinski definition) is 7. The summed E-state index contributed by atoms with van der Waals surface area (Å²) in [5.41, 5.74) is -3.64. The van der Waals surface area contributed by atoms with Crippen LogP contribution in [0, 0.1) is 20.2 Å². The van der Waals surface area contributed by atoms with Crippen molar-refractivity contribution in [3.05, 3.63) is 73.8 Å². The summed E-state index contributed by atoms with van der Waals surface area (Å²) < 4.78 is 0. The number of aromatic nitrogens is 1. The summed E-state index contributed by atoms with van der Waals surface area (Å²) >= 11 is 0. The molecule has 0 saturated carbocycles. The van der Waals surface area contributed by atoms with Gasteiger partial charge in [-0.15, -0.1) is 0 Å². The highest BCUT2D eigenvalue weighted by atomic mass is 16.6. The molecule has 2 N–H and O–H groups in total. The molecule has 0 atom stereocenters. The summed E-state index contributed by atoms with van der Waals surface area (Å²) in [7, 11) is 0. The van der Waals surface area contributed by atoms with E-state index in [2.05, 4.69) is 4.98 Å². The third-order valence-electron chi connectivity index (χ3n) is 3.94. The van der Waals surface area contributed by atoms with Crippen LogP contribution in [0.3, 0.4) is 0 Å². The number of carboxylic acid groups (broad SMARTS) is 2. The second kappa shape index (κ2) is 6.72. The Bertz CT molecular complexity index is 1170. The number of carboxylic acids is 2. The number of non-ortho nitro benzene ring substituents is 2. The molecular formula is C17H9N3O8. The van der Waals surface area contributed by atoms with Crippen LogP contribution < -0.4 is 0 Å². The lowest BCUT2D eigenvalue weighted by atomic mass is 9.96. The molecule has 3 rings (SSSR count). The van der Waals surface area contributed by atoms with Crippen LogP contribution in [-0.4, -0.2) is 37.0 Å². The summed E-state index contributed by atoms with van der Waals surface area (Å²) in [5, 5.41) is 41.2. The molecule has 0 spiro atoms. The number of nitro groups is 2. The summed E-state index contributed by atoms with van der Waals surface area (Å²) in [5.74, 6) is -3.35. The highest BCUT2D eigenvalue weighted by molar-refractivity contribution is 6.15. The van der Waals surface area contributed by atoms with Crippen molar-refractivity contribution >= 4 is 34.2 Å². The van der Waals surface area contributed by atoms with Crippen molar-refractivity contribution < 1.29 is 29.6 Å². The van der Waals surface area contributed by atoms with E-state index in [0.29, 0.717) is 6.07 Å². The maximum Gasteiger partial charge on any atom is 0.338 e. The van der Waals surface area contributed by atoms with Gasteiger partial charge >= 0.3 is 17.6 Å². The maximum absolute atomic E-state index is 11.9. The Balaban J connectivity index is 2.61. The van der Waals surface area contributed by atoms with E-state index in [1.807, 2.05) is 0 Å². The fraction of sp³-hybridized carbons (Fsp3) is 0. The number of aromatic carboxylic acids is 2. The number of rotatable bonds is 5. The van der Waals surface area contributed by atoms with Gasteiger partial charge in [0, 0.05) is 17.0 Å². The lowest BCUT2D eigenvalue weighted by Gasteiger charge is -2.12. The third-order valence-corrected chi connectivity index (χ3v) is 3.94. The number of nitrogens with zero attached hydrogens (tertiary/aromatic N) is 3. The van der Waals surface area contributed by atoms with Crippen LogP contribution in [0.2, 0.25) is 0 Å². The molecule has 0 amide bonds. The lowest BCUT2D eigenvalue weighted by molar-refractivity contribution is -0.393. The van der Waals surface area contributed by atoms with E-state index >= 15 is 0 Å². The molecule has 11 nitrogen and oxygen atoms in total. The molecule has 28 heavy (non-hydrogen) atoms. The average molecular weight is 383 g/mol. The highest BCUT2D eigenvalue weighted by Gasteiger charge is 2.31. The third kappa shape index (κ3) is 2.96. The number of benzene rings is 2. The van der Waals surface area contributed by atoms with Gasteiger partial charge in [-0.2, -0.15) is 0 Å². The van der Waals surface area contributed by atoms with Crippen LogP contribution in [0.25, 0.3) is 22.2 Å². The Hall–Kier alpha value is -4.41. The highest BCUT2D eigenvalue weighted by Crippen LogP contribution is 2.37. The molecular weight excluding hydrogens is 374 g/mol. The molecule has 1 heterocycles. The first-order chi connectivity index (χ1) is 13.2. The predicted molar refractivity (Wildman–Crippen MR) is 94.4 cm³/mol. The first-order valence-electron chi connectivity index (χ1n) is 7.55. The van der Waals surface area contributed by atoms with Crippen molar-refractivity contribution in [1.82, 2.24) is 4.98 Å². The van der Waals surface area contributed by atoms with E-state index in [1.54, 1.807) is 18.2 Å². The summed E-state index contributed by atoms with van der Waals surface area (Å²) in [6.45, 7) is 0. The fourth-order valence-electron chi connectivity index (χ4n) is 2.81. The molecule has 3 aromatic rings. The van der Waals surface area contributed by atoms with Crippen molar-refractivity contribution in [2.24, 2.45) is 0 Å². The number of fused-ring (bicyclic) bond motifs is 1. The minimum atomic E-state index is -1.71. The fourth-order valence-corrected chi connectivity index (χ4v) is 2.81. The largest absolute Gasteiger partial charge is 0.478 e. The molecule has 0 fully saturated rings. The van der Waals surface area contributed by atoms with Crippen LogP contribution in [-0.2, 0) is 0 Å². The molecule has 0 aliphatic rings. The normalized spacial score (nSPS) is 10.6. The van der Waals surface area contributed by atoms with Crippen molar-refractivity contribution in [3.63, 3.8) is 0 Å². The molecule has 0 aliphatic heterocycles. The van der Waals surface area contributed by atoms with Crippen molar-refractivity contribution in [1.29, 1.82) is 0 Å². The monoisotopic (exact) mass is 383 g/mol. The summed E-state index contributed by atoms with van der Waals surface area (Å²) in [6, 6.07) is 9.08. The Labute approximate surface area is 154 Å². The van der Waals surface area contributed by atoms with Crippen LogP contribution in [0.1, 0.15) is 20.7 Å². The Kier molecular flexibility index (Phi) is 4.41. The van der Waals surface area contributed by atoms with E-state index in [4.69, 9.17) is 0 Å². The van der Waals surface area contributed by atoms with Crippen molar-refractivity contribution in [3.8, 4) is 11.3 Å². The SMILES string of the molecule is O=C(O)c1c(-c2ccccc2)nc2c([N+](=O)[O-])cc([N+](=O)[O-])cc2c1C(=O)O. The molecule has 0 aliphatic carbocycles. The zero-order valence-electron chi connectivity index (χ0n) is 13.7. The van der Waals surface area contributed by atoms with Gasteiger partial charge in [0.05, 0.1) is 27.2 Å². The number of pyridine rings is 1. The minimum Gasteiger partial charge on any atom is -0.478 e. The first kappa shape index (κ1) is 18.4. The van der Waals surface area contributed by atoms with Crippen molar-refractivity contribution in [2.75, 3.05) is 0 Å². The topological polar surface area (TPSA) is 174 Å². The molecule has 140 valence electrons. The van der Waals surface area contributed by atoms with Crippen LogP contribution in [0.5, 0.6) is 0 Å². The molecule has 1 aromatic heterocycles. The van der Waals surface area contributed by atoms with E-state index in [-0.39, 0.29) is 11.3 Å². The van der Waals surface area contributed by atoms with Gasteiger partial charge in [-0.25, -0.2) is 14.6 Å². The minimum absolute atomic E-state index is 0.219. The van der Waals surface area contributed by atoms with Gasteiger partial charge in [-0.05, 0) is 0 Å². The van der Waals surface area contributed by atoms with Gasteiger partial charge in [-0.3, -0.25) is 20.2 Å². The molecule has 0 radical (unpaired) electrons. The van der Waals surface area contributed by atoms with Gasteiger partial charge in [-0.1, -0.05) is 30.3 Å². The summed E-state index contributed by atoms with van der Waals surface area (Å²) in [6.07, 6.45) is 0. The Morgan fingerprint density at radius 1 is 0.893 bits per heavy atom. The zero-order chi connectivity index (χ0) is 20.6. The van der Waals surface area contributed by atoms with Gasteiger partial charge < -0.3 is 10.2 Å². The maximum atomic E-state index is 11.9. The van der Waals surface area contributed by atoms with Crippen LogP contribution in [0.15, 0.2) is 42.5 Å². The van der Waals surface area contributed by atoms with E-state index in [1.165, 1.54) is 12.1 Å². The first-order valence-corrected chi connectivity index (χ1v) is 7.55. The second-order valence-corrected chi connectivity index (χ2v) is 5.56. The van der Waals surface area contributed by atoms with E-state index in [9.17, 15) is 40.0 Å². The zero-order valence-corrected chi connectivity index (χ0v) is 13.7. The predicted octanol–water partition coefficient (Wildman–Crippen LogP) is 3.11. The van der Waals surface area contributed by atoms with E-state index < -0.39 is 55.2 Å².